The number of halogens is 3. The number of likely N-dealkylation sites (N-methyl/N-ethyl adjacent to an activating group) is 1. The molecular formula is C60H73F3N8O8. The minimum absolute atomic E-state index is 0.0202. The van der Waals surface area contributed by atoms with Crippen molar-refractivity contribution in [3.63, 3.8) is 0 Å². The van der Waals surface area contributed by atoms with Gasteiger partial charge in [0.1, 0.15) is 35.0 Å². The van der Waals surface area contributed by atoms with Crippen molar-refractivity contribution in [3.05, 3.63) is 130 Å². The first-order chi connectivity index (χ1) is 37.9. The Kier molecular flexibility index (Phi) is 18.1. The first-order valence-electron chi connectivity index (χ1n) is 27.6. The molecule has 4 amide bonds. The van der Waals surface area contributed by atoms with E-state index in [0.29, 0.717) is 86.7 Å². The summed E-state index contributed by atoms with van der Waals surface area (Å²) in [6, 6.07) is 18.7. The molecule has 7 atom stereocenters. The molecule has 0 saturated carbocycles. The molecule has 0 spiro atoms. The van der Waals surface area contributed by atoms with Crippen LogP contribution in [0.25, 0.3) is 0 Å². The van der Waals surface area contributed by atoms with Crippen molar-refractivity contribution in [3.8, 4) is 0 Å². The van der Waals surface area contributed by atoms with Crippen molar-refractivity contribution >= 4 is 46.6 Å². The van der Waals surface area contributed by atoms with Gasteiger partial charge >= 0.3 is 0 Å². The van der Waals surface area contributed by atoms with Gasteiger partial charge in [0.2, 0.25) is 17.7 Å². The van der Waals surface area contributed by atoms with Crippen LogP contribution in [0.5, 0.6) is 0 Å². The maximum absolute atomic E-state index is 15.1. The Morgan fingerprint density at radius 3 is 2.30 bits per heavy atom. The second-order valence-corrected chi connectivity index (χ2v) is 22.4. The van der Waals surface area contributed by atoms with Crippen LogP contribution in [0.1, 0.15) is 86.4 Å². The van der Waals surface area contributed by atoms with Crippen LogP contribution in [0, 0.1) is 29.3 Å². The number of nitrogens with zero attached hydrogens (tertiary/aromatic N) is 4. The third kappa shape index (κ3) is 13.0. The maximum Gasteiger partial charge on any atom is 0.252 e. The molecular weight excluding hydrogens is 1020 g/mol. The van der Waals surface area contributed by atoms with Gasteiger partial charge in [0.05, 0.1) is 37.8 Å². The fourth-order valence-electron chi connectivity index (χ4n) is 12.0. The van der Waals surface area contributed by atoms with Crippen LogP contribution in [-0.4, -0.2) is 153 Å². The van der Waals surface area contributed by atoms with Crippen LogP contribution in [0.4, 0.5) is 24.5 Å². The maximum atomic E-state index is 15.1. The first kappa shape index (κ1) is 57.3. The average molecular weight is 1090 g/mol. The number of carbonyl (C=O) groups excluding carboxylic acids is 6. The second-order valence-electron chi connectivity index (χ2n) is 22.4. The SMILES string of the molecule is CN[C@@H](C)C(=O)C[C@H](C(=O)N1Cc2ccc(CC(=O)CNC(=O)[C@]3(C)CN(C(=O)CN4C[C@@H](C)NC[C@@H]4CN4CCOC[C@H]4C)c4cc(Cc5ccc(F)cc5)ccc43)cc2[C@H]1C(=O)Nc1c(F)cccc1F)C1CCOCC1. The smallest absolute Gasteiger partial charge is 0.252 e. The third-order valence-corrected chi connectivity index (χ3v) is 16.8. The molecule has 4 aromatic carbocycles. The number of nitrogens with one attached hydrogen (secondary N) is 4. The van der Waals surface area contributed by atoms with E-state index in [2.05, 4.69) is 44.9 Å². The number of rotatable bonds is 19. The number of hydrogen-bond donors (Lipinski definition) is 4. The van der Waals surface area contributed by atoms with Crippen molar-refractivity contribution in [1.29, 1.82) is 0 Å². The van der Waals surface area contributed by atoms with Crippen LogP contribution in [0.2, 0.25) is 0 Å². The van der Waals surface area contributed by atoms with Gasteiger partial charge in [-0.2, -0.15) is 0 Å². The minimum Gasteiger partial charge on any atom is -0.381 e. The molecule has 4 aromatic rings. The number of benzene rings is 4. The van der Waals surface area contributed by atoms with E-state index in [9.17, 15) is 33.2 Å². The molecule has 0 bridgehead atoms. The molecule has 0 radical (unpaired) electrons. The topological polar surface area (TPSA) is 182 Å². The molecule has 5 aliphatic heterocycles. The van der Waals surface area contributed by atoms with Gasteiger partial charge < -0.3 is 40.5 Å². The number of hydrogen-bond acceptors (Lipinski definition) is 12. The number of morpholine rings is 1. The van der Waals surface area contributed by atoms with Gasteiger partial charge in [-0.15, -0.1) is 0 Å². The summed E-state index contributed by atoms with van der Waals surface area (Å²) in [6.07, 6.45) is 1.22. The summed E-state index contributed by atoms with van der Waals surface area (Å²) in [4.78, 5) is 93.8. The zero-order valence-electron chi connectivity index (χ0n) is 45.8. The summed E-state index contributed by atoms with van der Waals surface area (Å²) in [5.41, 5.74) is 2.41. The van der Waals surface area contributed by atoms with Crippen LogP contribution in [-0.2, 0) is 63.0 Å². The van der Waals surface area contributed by atoms with Crippen LogP contribution < -0.4 is 26.2 Å². The summed E-state index contributed by atoms with van der Waals surface area (Å²) in [5.74, 6) is -5.92. The van der Waals surface area contributed by atoms with E-state index in [4.69, 9.17) is 9.47 Å². The Hall–Kier alpha value is -6.35. The summed E-state index contributed by atoms with van der Waals surface area (Å²) in [6.45, 7) is 12.5. The van der Waals surface area contributed by atoms with Gasteiger partial charge in [-0.1, -0.05) is 48.5 Å². The molecule has 79 heavy (non-hydrogen) atoms. The van der Waals surface area contributed by atoms with Crippen LogP contribution >= 0.6 is 0 Å². The van der Waals surface area contributed by atoms with Crippen LogP contribution in [0.3, 0.4) is 0 Å². The third-order valence-electron chi connectivity index (χ3n) is 16.8. The highest BCUT2D eigenvalue weighted by Gasteiger charge is 2.48. The van der Waals surface area contributed by atoms with Gasteiger partial charge in [-0.25, -0.2) is 13.2 Å². The highest BCUT2D eigenvalue weighted by Crippen LogP contribution is 2.43. The molecule has 0 aliphatic carbocycles. The fourth-order valence-corrected chi connectivity index (χ4v) is 12.0. The molecule has 0 aromatic heterocycles. The van der Waals surface area contributed by atoms with E-state index in [-0.39, 0.29) is 86.4 Å². The Morgan fingerprint density at radius 1 is 0.861 bits per heavy atom. The van der Waals surface area contributed by atoms with Gasteiger partial charge in [0.15, 0.2) is 5.78 Å². The van der Waals surface area contributed by atoms with Gasteiger partial charge in [0.25, 0.3) is 5.91 Å². The Morgan fingerprint density at radius 2 is 1.58 bits per heavy atom. The summed E-state index contributed by atoms with van der Waals surface area (Å²) in [5, 5.41) is 11.8. The standard InChI is InChI=1S/C60H73F3N8O8/c1-36-30-69(45(28-65-36)32-68-19-22-79-34-37(68)2)33-54(74)71-35-60(4,49-16-12-40(26-52(49)71)23-39-10-14-44(61)15-11-39)59(77)66-29-46(72)24-41-9-13-43-31-70(56(47(43)25-41)57(75)67-55-50(62)7-6-8-51(55)63)58(76)48(27-53(73)38(3)64-5)42-17-20-78-21-18-42/h6-16,25-26,36-38,42,45,48,56,64-65H,17-24,27-35H2,1-5H3,(H,66,77)(H,67,75)/t36-,37-,38+,45-,48+,56+,60-/m1/s1. The Bertz CT molecular complexity index is 2900. The summed E-state index contributed by atoms with van der Waals surface area (Å²) in [7, 11) is 1.66. The number of piperazine rings is 1. The Balaban J connectivity index is 0.934. The average Bonchev–Trinajstić information content (AvgIpc) is 4.20. The molecule has 5 heterocycles. The lowest BCUT2D eigenvalue weighted by Gasteiger charge is -2.43. The number of carbonyl (C=O) groups is 6. The summed E-state index contributed by atoms with van der Waals surface area (Å²) >= 11 is 0. The number of anilines is 2. The molecule has 3 saturated heterocycles. The predicted octanol–water partition coefficient (Wildman–Crippen LogP) is 5.24. The normalized spacial score (nSPS) is 23.4. The lowest BCUT2D eigenvalue weighted by atomic mass is 9.81. The monoisotopic (exact) mass is 1090 g/mol. The molecule has 0 unspecified atom stereocenters. The minimum atomic E-state index is -1.38. The molecule has 422 valence electrons. The number of para-hydroxylation sites is 1. The zero-order valence-corrected chi connectivity index (χ0v) is 45.8. The number of ether oxygens (including phenoxy) is 2. The highest BCUT2D eigenvalue weighted by molar-refractivity contribution is 6.04. The van der Waals surface area contributed by atoms with E-state index in [1.54, 1.807) is 56.1 Å². The van der Waals surface area contributed by atoms with E-state index < -0.39 is 58.5 Å². The van der Waals surface area contributed by atoms with Crippen molar-refractivity contribution in [2.75, 3.05) is 89.5 Å². The highest BCUT2D eigenvalue weighted by atomic mass is 19.1. The van der Waals surface area contributed by atoms with Crippen LogP contribution in [0.15, 0.2) is 78.9 Å². The van der Waals surface area contributed by atoms with Gasteiger partial charge in [0, 0.05) is 95.1 Å². The number of ketones is 2. The van der Waals surface area contributed by atoms with Crippen molar-refractivity contribution < 1.29 is 51.4 Å². The molecule has 5 aliphatic rings. The predicted molar refractivity (Wildman–Crippen MR) is 292 cm³/mol. The van der Waals surface area contributed by atoms with E-state index in [1.165, 1.54) is 23.1 Å². The van der Waals surface area contributed by atoms with E-state index in [1.807, 2.05) is 18.2 Å². The number of Topliss-reactive ketones (excluding diaryl/α,β-unsaturated/α-hetero) is 2. The lowest BCUT2D eigenvalue weighted by Crippen LogP contribution is -2.62. The second kappa shape index (κ2) is 25.0. The Labute approximate surface area is 460 Å². The fraction of sp³-hybridized carbons (Fsp3) is 0.500. The number of fused-ring (bicyclic) bond motifs is 2. The zero-order chi connectivity index (χ0) is 56.1. The molecule has 9 rings (SSSR count). The first-order valence-corrected chi connectivity index (χ1v) is 27.6. The van der Waals surface area contributed by atoms with E-state index >= 15 is 8.78 Å². The summed E-state index contributed by atoms with van der Waals surface area (Å²) < 4.78 is 55.3. The molecule has 19 heteroatoms. The van der Waals surface area contributed by atoms with Crippen molar-refractivity contribution in [1.82, 2.24) is 30.7 Å². The van der Waals surface area contributed by atoms with Crippen molar-refractivity contribution in [2.24, 2.45) is 11.8 Å². The lowest BCUT2D eigenvalue weighted by molar-refractivity contribution is -0.146. The van der Waals surface area contributed by atoms with Gasteiger partial charge in [-0.3, -0.25) is 38.6 Å². The van der Waals surface area contributed by atoms with Gasteiger partial charge in [-0.05, 0) is 124 Å². The largest absolute Gasteiger partial charge is 0.381 e. The molecule has 4 N–H and O–H groups in total. The molecule has 3 fully saturated rings. The van der Waals surface area contributed by atoms with E-state index in [0.717, 1.165) is 36.3 Å². The molecule has 16 nitrogen and oxygen atoms in total. The quantitative estimate of drug-likeness (QED) is 0.0961. The number of amides is 4. The van der Waals surface area contributed by atoms with Crippen molar-refractivity contribution in [2.45, 2.75) is 102 Å².